The Kier molecular flexibility index (Phi) is 41.5. The minimum absolute atomic E-state index is 0.0416. The lowest BCUT2D eigenvalue weighted by Gasteiger charge is -2.33. The number of aliphatic hydroxyl groups excluding tert-OH is 13. The second kappa shape index (κ2) is 50.1. The largest absolute Gasteiger partial charge is 0.456 e. The number of hydrogen-bond acceptors (Lipinski definition) is 42. The third-order valence-electron chi connectivity index (χ3n) is 24.3. The van der Waals surface area contributed by atoms with Crippen molar-refractivity contribution in [3.8, 4) is 0 Å². The molecule has 14 aliphatic rings. The summed E-state index contributed by atoms with van der Waals surface area (Å²) in [7, 11) is 0. The number of ether oxygens (including phenoxy) is 8. The summed E-state index contributed by atoms with van der Waals surface area (Å²) in [6.07, 6.45) is -15.0. The molecule has 0 aromatic rings. The maximum Gasteiger partial charge on any atom is 0.305 e. The third kappa shape index (κ3) is 25.5. The molecule has 25 N–H and O–H groups in total. The van der Waals surface area contributed by atoms with E-state index in [1.807, 2.05) is 27.7 Å². The van der Waals surface area contributed by atoms with E-state index in [2.05, 4.69) is 86.7 Å². The van der Waals surface area contributed by atoms with Crippen molar-refractivity contribution in [2.24, 2.45) is 70.6 Å². The van der Waals surface area contributed by atoms with Crippen LogP contribution in [0.1, 0.15) is 53.9 Å². The highest BCUT2D eigenvalue weighted by atomic mass is 35.5. The molecule has 44 nitrogen and oxygen atoms in total. The van der Waals surface area contributed by atoms with Crippen LogP contribution in [-0.4, -0.2) is 400 Å². The first-order valence-corrected chi connectivity index (χ1v) is 45.6. The molecule has 7 fully saturated rings. The number of carbonyl (C=O) groups is 3. The normalized spacial score (nSPS) is 36.8. The SMILES string of the molecule is C=C1N=C(N)C(F)=CN1[C@@H]1O[C@@](CO)(CF)[C@@H](O)[C@H]1F.C=C1N=C(N)C=CN1[C@@H]1O[C@@](CO)(CCC(C)C)[C@@H](O)[C@H]1F.C=C1N=C(N)C=CN1[C@@H]1O[C@@](CO)(CCl)[C@@H](OC(=O)CC)[C@H]1F.C=C1N=C(N)C=CN1[C@@H]1O[C@](/C=C/C(C)C)(CO)[C@@H](O)[C@H]1F.C=C1N=C(N)C=NN1[C@@H]1O[C@@](CO)(CCl)[C@@H](O)[C@H]1F.C=C1NC(=O)C(F)=CN1[C@@H]1O[C@@](CO)(CCl)[C@@H](O)[C@H]1F.C=C1NC(=O)C=CN1[C@@H]1O[C@@](CO)(CF)[C@@H](O)[C@H]1F. The fraction of sp³-hybridized carbons (Fsp3) is 0.575. The van der Waals surface area contributed by atoms with Crippen LogP contribution < -0.4 is 39.3 Å². The van der Waals surface area contributed by atoms with Crippen molar-refractivity contribution in [3.05, 3.63) is 172 Å². The van der Waals surface area contributed by atoms with Crippen molar-refractivity contribution in [3.63, 3.8) is 0 Å². The van der Waals surface area contributed by atoms with Gasteiger partial charge in [-0.3, -0.25) is 14.4 Å². The second-order valence-electron chi connectivity index (χ2n) is 35.1. The number of halogens is 14. The Labute approximate surface area is 838 Å². The number of amidine groups is 5. The van der Waals surface area contributed by atoms with Gasteiger partial charge in [-0.25, -0.2) is 73.9 Å². The average molecular weight is 2150 g/mol. The molecule has 0 aliphatic carbocycles. The molecule has 0 saturated carbocycles. The van der Waals surface area contributed by atoms with E-state index in [4.69, 9.17) is 112 Å². The van der Waals surface area contributed by atoms with E-state index in [0.29, 0.717) is 25.0 Å². The van der Waals surface area contributed by atoms with Crippen LogP contribution in [0.25, 0.3) is 0 Å². The van der Waals surface area contributed by atoms with Crippen LogP contribution in [0.3, 0.4) is 0 Å². The number of nitrogens with two attached hydrogens (primary N) is 5. The van der Waals surface area contributed by atoms with Gasteiger partial charge in [0.15, 0.2) is 116 Å². The molecule has 2 amide bonds. The zero-order valence-electron chi connectivity index (χ0n) is 78.6. The molecule has 0 spiro atoms. The predicted molar refractivity (Wildman–Crippen MR) is 500 cm³/mol. The van der Waals surface area contributed by atoms with Crippen molar-refractivity contribution in [1.29, 1.82) is 0 Å². The molecular formula is C87H120Cl3F11N20O24. The molecule has 145 heavy (non-hydrogen) atoms. The van der Waals surface area contributed by atoms with Gasteiger partial charge >= 0.3 is 5.97 Å². The number of nitrogens with one attached hydrogen (secondary N) is 2. The number of nitrogens with zero attached hydrogens (tertiary/aromatic N) is 13. The van der Waals surface area contributed by atoms with Crippen molar-refractivity contribution in [1.82, 2.24) is 45.0 Å². The summed E-state index contributed by atoms with van der Waals surface area (Å²) in [5.74, 6) is -3.59. The summed E-state index contributed by atoms with van der Waals surface area (Å²) < 4.78 is 196. The lowest BCUT2D eigenvalue weighted by Crippen LogP contribution is -2.49. The van der Waals surface area contributed by atoms with Gasteiger partial charge in [0.05, 0.1) is 70.1 Å². The monoisotopic (exact) mass is 2140 g/mol. The van der Waals surface area contributed by atoms with Crippen LogP contribution in [0.4, 0.5) is 48.3 Å². The summed E-state index contributed by atoms with van der Waals surface area (Å²) in [6, 6.07) is 0. The van der Waals surface area contributed by atoms with Gasteiger partial charge in [0.1, 0.15) is 142 Å². The fourth-order valence-electron chi connectivity index (χ4n) is 15.6. The van der Waals surface area contributed by atoms with Crippen molar-refractivity contribution >= 4 is 88.0 Å². The van der Waals surface area contributed by atoms with Gasteiger partial charge in [-0.15, -0.1) is 34.8 Å². The zero-order chi connectivity index (χ0) is 109. The highest BCUT2D eigenvalue weighted by Crippen LogP contribution is 2.47. The molecular weight excluding hydrogens is 2020 g/mol. The highest BCUT2D eigenvalue weighted by Gasteiger charge is 2.65. The molecule has 14 aliphatic heterocycles. The molecule has 28 atom stereocenters. The van der Waals surface area contributed by atoms with E-state index < -0.39 is 264 Å². The molecule has 14 heterocycles. The van der Waals surface area contributed by atoms with E-state index in [-0.39, 0.29) is 94.1 Å². The van der Waals surface area contributed by atoms with Gasteiger partial charge in [-0.2, -0.15) is 9.49 Å². The Hall–Kier alpha value is -10.3. The first-order chi connectivity index (χ1) is 68.1. The Morgan fingerprint density at radius 1 is 0.462 bits per heavy atom. The van der Waals surface area contributed by atoms with Crippen LogP contribution in [-0.2, 0) is 52.3 Å². The van der Waals surface area contributed by atoms with Crippen LogP contribution in [0.15, 0.2) is 202 Å². The number of hydrazone groups is 1. The molecule has 0 unspecified atom stereocenters. The number of hydrogen-bond donors (Lipinski definition) is 20. The summed E-state index contributed by atoms with van der Waals surface area (Å²) in [5, 5.41) is 134. The topological polar surface area (TPSA) is 639 Å². The molecule has 58 heteroatoms. The quantitative estimate of drug-likeness (QED) is 0.0232. The highest BCUT2D eigenvalue weighted by molar-refractivity contribution is 6.29. The molecule has 0 aromatic carbocycles. The maximum absolute atomic E-state index is 14.9. The summed E-state index contributed by atoms with van der Waals surface area (Å²) in [6.45, 7) is 27.3. The first kappa shape index (κ1) is 120. The van der Waals surface area contributed by atoms with Gasteiger partial charge in [-0.05, 0) is 42.9 Å². The van der Waals surface area contributed by atoms with Gasteiger partial charge in [0.25, 0.3) is 11.8 Å². The average Bonchev–Trinajstić information content (AvgIpc) is 1.64. The minimum Gasteiger partial charge on any atom is -0.456 e. The Morgan fingerprint density at radius 3 is 1.22 bits per heavy atom. The number of amides is 2. The molecule has 0 bridgehead atoms. The Morgan fingerprint density at radius 2 is 0.821 bits per heavy atom. The van der Waals surface area contributed by atoms with Gasteiger partial charge < -0.3 is 173 Å². The standard InChI is InChI=1S/C15H24FN3O3.C15H22FN3O3.C14H19ClFN3O4.C11H13ClF2N2O4.C11H14F3N3O3.C11H14F2N2O4.C10H14ClFN4O3/c2*1-9(2)4-6-15(8-20)13(21)12(16)14(22-15)19-7-5-11(17)18-10(19)3;1-3-10(21)22-12-11(16)13(23-14(12,6-15)7-20)19-5-4-9(17)18-8(19)2;1-5-15-9(19)6(13)2-16(5)10-7(14)8(18)11(3-12,4-17)20-10;1-5-16-9(15)6(13)2-17(5)10-7(14)8(19)11(3-12,4-18)20-10;1-6-14-7(17)2-3-15(6)10-8(13)9(18)11(4-12,5-16)19-10;1-5-15-6(13)2-14-16(5)9-7(12)8(18)10(3-11,4-17)19-9/h5,7,9,12-14,20-21H,3-4,6,8H2,1-2H3,(H2,17,18);4-7,9,12-14,20-21H,3,8H2,1-2H3,(H2,17,18);4-5,11-13,20H,2-3,6-7H2,1H3,(H2,17,18);2,7-8,10,17-18H,1,3-4H2,(H,15,19);2,7-8,10,18-19H,1,3-4H2,(H2,15,16);2-3,8-10,16,18H,1,4-5H2,(H,14,17);2,7-9,17-18H,1,3-4H2,(H2,13,15)/b;6-4+;;;;;/t2*12-,13+,14-,15-;11-,12+,13-,14-;2*7-,8+,10-,11-;8-,9+,10-,11-;7-,8+,9-,10-/m1111111/s1. The first-order valence-electron chi connectivity index (χ1n) is 44.0. The smallest absolute Gasteiger partial charge is 0.305 e. The van der Waals surface area contributed by atoms with Crippen molar-refractivity contribution in [2.75, 3.05) is 77.2 Å². The number of alkyl halides is 12. The van der Waals surface area contributed by atoms with E-state index in [1.54, 1.807) is 13.0 Å². The molecule has 7 saturated heterocycles. The number of rotatable bonds is 26. The number of carbonyl (C=O) groups excluding carboxylic acids is 3. The summed E-state index contributed by atoms with van der Waals surface area (Å²) in [4.78, 5) is 59.8. The lowest BCUT2D eigenvalue weighted by molar-refractivity contribution is -0.165. The minimum atomic E-state index is -2.10. The molecule has 0 radical (unpaired) electrons. The maximum atomic E-state index is 14.9. The van der Waals surface area contributed by atoms with Crippen molar-refractivity contribution in [2.45, 2.75) is 223 Å². The number of aliphatic hydroxyl groups is 13. The van der Waals surface area contributed by atoms with Crippen LogP contribution in [0.2, 0.25) is 0 Å². The second-order valence-corrected chi connectivity index (χ2v) is 35.9. The fourth-order valence-corrected chi connectivity index (χ4v) is 16.5. The molecule has 810 valence electrons. The van der Waals surface area contributed by atoms with E-state index >= 15 is 0 Å². The Bertz CT molecular complexity index is 5090. The number of allylic oxidation sites excluding steroid dienone is 1. The van der Waals surface area contributed by atoms with Gasteiger partial charge in [-0.1, -0.05) is 92.8 Å². The summed E-state index contributed by atoms with van der Waals surface area (Å²) in [5.41, 5.74) is 15.6. The van der Waals surface area contributed by atoms with Crippen LogP contribution in [0, 0.1) is 11.8 Å². The Balaban J connectivity index is 0.000000207. The van der Waals surface area contributed by atoms with Gasteiger partial charge in [0.2, 0.25) is 5.83 Å². The predicted octanol–water partition coefficient (Wildman–Crippen LogP) is -0.137. The summed E-state index contributed by atoms with van der Waals surface area (Å²) >= 11 is 17.1. The van der Waals surface area contributed by atoms with E-state index in [1.165, 1.54) is 70.0 Å². The number of aliphatic imine (C=N–C) groups is 5. The number of esters is 1. The van der Waals surface area contributed by atoms with Gasteiger partial charge in [0, 0.05) is 49.7 Å². The van der Waals surface area contributed by atoms with Crippen LogP contribution in [0.5, 0.6) is 0 Å². The molecule has 0 aromatic heterocycles. The third-order valence-corrected chi connectivity index (χ3v) is 25.6. The molecule has 14 rings (SSSR count). The van der Waals surface area contributed by atoms with Crippen LogP contribution >= 0.6 is 34.8 Å². The lowest BCUT2D eigenvalue weighted by atomic mass is 9.89. The van der Waals surface area contributed by atoms with E-state index in [0.717, 1.165) is 32.0 Å². The van der Waals surface area contributed by atoms with E-state index in [9.17, 15) is 119 Å². The zero-order valence-corrected chi connectivity index (χ0v) is 80.9. The van der Waals surface area contributed by atoms with Crippen molar-refractivity contribution < 1.29 is 167 Å².